The molecule has 1 amide bonds. The molecule has 24 heavy (non-hydrogen) atoms. The average molecular weight is 344 g/mol. The molecular weight excluding hydrogens is 325 g/mol. The zero-order chi connectivity index (χ0) is 17.7. The Morgan fingerprint density at radius 2 is 1.92 bits per heavy atom. The second-order valence-corrected chi connectivity index (χ2v) is 5.90. The molecule has 1 fully saturated rings. The van der Waals surface area contributed by atoms with Crippen LogP contribution in [0.2, 0.25) is 0 Å². The Kier molecular flexibility index (Phi) is 5.80. The van der Waals surface area contributed by atoms with E-state index in [9.17, 15) is 22.8 Å². The third kappa shape index (κ3) is 5.50. The molecule has 0 atom stereocenters. The molecule has 1 saturated carbocycles. The lowest BCUT2D eigenvalue weighted by Crippen LogP contribution is -2.25. The summed E-state index contributed by atoms with van der Waals surface area (Å²) >= 11 is 0. The number of pyridine rings is 1. The predicted octanol–water partition coefficient (Wildman–Crippen LogP) is 3.35. The molecule has 132 valence electrons. The van der Waals surface area contributed by atoms with E-state index in [1.807, 2.05) is 0 Å². The van der Waals surface area contributed by atoms with Gasteiger partial charge < -0.3 is 10.4 Å². The number of aliphatic carboxylic acids is 1. The molecule has 0 radical (unpaired) electrons. The smallest absolute Gasteiger partial charge is 0.433 e. The highest BCUT2D eigenvalue weighted by Crippen LogP contribution is 2.40. The quantitative estimate of drug-likeness (QED) is 0.709. The van der Waals surface area contributed by atoms with E-state index < -0.39 is 23.7 Å². The summed E-state index contributed by atoms with van der Waals surface area (Å²) in [5, 5.41) is 11.1. The van der Waals surface area contributed by atoms with E-state index in [2.05, 4.69) is 10.3 Å². The van der Waals surface area contributed by atoms with Crippen molar-refractivity contribution in [1.82, 2.24) is 10.3 Å². The molecule has 1 aromatic rings. The predicted molar refractivity (Wildman–Crippen MR) is 79.7 cm³/mol. The third-order valence-electron chi connectivity index (χ3n) is 3.75. The first-order valence-electron chi connectivity index (χ1n) is 7.86. The number of nitrogens with one attached hydrogen (secondary N) is 1. The molecule has 0 bridgehead atoms. The molecule has 0 unspecified atom stereocenters. The summed E-state index contributed by atoms with van der Waals surface area (Å²) < 4.78 is 38.7. The number of halogens is 3. The first-order chi connectivity index (χ1) is 11.3. The van der Waals surface area contributed by atoms with Crippen molar-refractivity contribution in [1.29, 1.82) is 0 Å². The van der Waals surface area contributed by atoms with Gasteiger partial charge in [-0.15, -0.1) is 0 Å². The summed E-state index contributed by atoms with van der Waals surface area (Å²) in [6.07, 6.45) is -1.23. The molecule has 1 heterocycles. The zero-order valence-corrected chi connectivity index (χ0v) is 13.0. The first-order valence-corrected chi connectivity index (χ1v) is 7.86. The fourth-order valence-electron chi connectivity index (χ4n) is 2.30. The number of carbonyl (C=O) groups is 2. The number of hydrogen-bond donors (Lipinski definition) is 2. The minimum absolute atomic E-state index is 0.00914. The molecule has 1 aromatic heterocycles. The van der Waals surface area contributed by atoms with Gasteiger partial charge in [-0.1, -0.05) is 6.42 Å². The van der Waals surface area contributed by atoms with Gasteiger partial charge in [-0.05, 0) is 37.8 Å². The highest BCUT2D eigenvalue weighted by atomic mass is 19.4. The lowest BCUT2D eigenvalue weighted by atomic mass is 10.1. The van der Waals surface area contributed by atoms with Crippen molar-refractivity contribution in [3.8, 4) is 0 Å². The van der Waals surface area contributed by atoms with Gasteiger partial charge in [0.1, 0.15) is 5.69 Å². The van der Waals surface area contributed by atoms with Gasteiger partial charge in [-0.3, -0.25) is 9.59 Å². The lowest BCUT2D eigenvalue weighted by Gasteiger charge is -2.11. The molecule has 1 aliphatic rings. The standard InChI is InChI=1S/C16H19F3N2O3/c17-16(18,19)13-9-11(8-12(21-13)10-5-6-10)15(24)20-7-3-1-2-4-14(22)23/h8-10H,1-7H2,(H,20,24)(H,22,23). The van der Waals surface area contributed by atoms with Gasteiger partial charge in [0.15, 0.2) is 0 Å². The van der Waals surface area contributed by atoms with E-state index in [0.717, 1.165) is 18.9 Å². The van der Waals surface area contributed by atoms with Gasteiger partial charge in [-0.2, -0.15) is 13.2 Å². The Balaban J connectivity index is 1.93. The maximum Gasteiger partial charge on any atom is 0.433 e. The third-order valence-corrected chi connectivity index (χ3v) is 3.75. The van der Waals surface area contributed by atoms with Crippen LogP contribution in [0.15, 0.2) is 12.1 Å². The molecule has 0 aromatic carbocycles. The van der Waals surface area contributed by atoms with E-state index in [1.54, 1.807) is 0 Å². The van der Waals surface area contributed by atoms with Crippen LogP contribution in [0.25, 0.3) is 0 Å². The lowest BCUT2D eigenvalue weighted by molar-refractivity contribution is -0.141. The number of carbonyl (C=O) groups excluding carboxylic acids is 1. The van der Waals surface area contributed by atoms with Crippen molar-refractivity contribution >= 4 is 11.9 Å². The van der Waals surface area contributed by atoms with Gasteiger partial charge in [0.25, 0.3) is 5.91 Å². The number of alkyl halides is 3. The van der Waals surface area contributed by atoms with Crippen molar-refractivity contribution in [2.45, 2.75) is 50.6 Å². The van der Waals surface area contributed by atoms with E-state index >= 15 is 0 Å². The van der Waals surface area contributed by atoms with E-state index in [-0.39, 0.29) is 17.9 Å². The van der Waals surface area contributed by atoms with Crippen LogP contribution in [-0.4, -0.2) is 28.5 Å². The van der Waals surface area contributed by atoms with Crippen LogP contribution in [-0.2, 0) is 11.0 Å². The van der Waals surface area contributed by atoms with Crippen LogP contribution in [0, 0.1) is 0 Å². The van der Waals surface area contributed by atoms with E-state index in [0.29, 0.717) is 31.5 Å². The van der Waals surface area contributed by atoms with Gasteiger partial charge in [0, 0.05) is 30.1 Å². The summed E-state index contributed by atoms with van der Waals surface area (Å²) in [6, 6.07) is 2.19. The normalized spacial score (nSPS) is 14.5. The molecule has 8 heteroatoms. The molecule has 2 N–H and O–H groups in total. The minimum Gasteiger partial charge on any atom is -0.481 e. The molecule has 0 aliphatic heterocycles. The Bertz CT molecular complexity index is 613. The van der Waals surface area contributed by atoms with Gasteiger partial charge in [0.05, 0.1) is 0 Å². The molecule has 5 nitrogen and oxygen atoms in total. The zero-order valence-electron chi connectivity index (χ0n) is 13.0. The van der Waals surface area contributed by atoms with Crippen molar-refractivity contribution < 1.29 is 27.9 Å². The number of carboxylic acid groups (broad SMARTS) is 1. The summed E-state index contributed by atoms with van der Waals surface area (Å²) in [4.78, 5) is 26.0. The number of unbranched alkanes of at least 4 members (excludes halogenated alkanes) is 2. The summed E-state index contributed by atoms with van der Waals surface area (Å²) in [6.45, 7) is 0.293. The Labute approximate surface area is 137 Å². The molecule has 2 rings (SSSR count). The monoisotopic (exact) mass is 344 g/mol. The van der Waals surface area contributed by atoms with E-state index in [1.165, 1.54) is 6.07 Å². The second kappa shape index (κ2) is 7.63. The Hall–Kier alpha value is -2.12. The second-order valence-electron chi connectivity index (χ2n) is 5.90. The van der Waals surface area contributed by atoms with Gasteiger partial charge >= 0.3 is 12.1 Å². The van der Waals surface area contributed by atoms with Crippen molar-refractivity contribution in [2.75, 3.05) is 6.54 Å². The van der Waals surface area contributed by atoms with Crippen LogP contribution in [0.4, 0.5) is 13.2 Å². The number of nitrogens with zero attached hydrogens (tertiary/aromatic N) is 1. The van der Waals surface area contributed by atoms with Crippen molar-refractivity contribution in [3.05, 3.63) is 29.1 Å². The highest BCUT2D eigenvalue weighted by Gasteiger charge is 2.35. The topological polar surface area (TPSA) is 79.3 Å². The van der Waals surface area contributed by atoms with E-state index in [4.69, 9.17) is 5.11 Å². The molecule has 0 saturated heterocycles. The van der Waals surface area contributed by atoms with Crippen LogP contribution in [0.3, 0.4) is 0 Å². The maximum absolute atomic E-state index is 12.9. The van der Waals surface area contributed by atoms with Gasteiger partial charge in [-0.25, -0.2) is 4.98 Å². The van der Waals surface area contributed by atoms with Crippen LogP contribution < -0.4 is 5.32 Å². The number of amides is 1. The molecular formula is C16H19F3N2O3. The average Bonchev–Trinajstić information content (AvgIpc) is 3.33. The number of carboxylic acids is 1. The van der Waals surface area contributed by atoms with Crippen molar-refractivity contribution in [3.63, 3.8) is 0 Å². The fourth-order valence-corrected chi connectivity index (χ4v) is 2.30. The molecule has 0 spiro atoms. The minimum atomic E-state index is -4.59. The SMILES string of the molecule is O=C(O)CCCCCNC(=O)c1cc(C2CC2)nc(C(F)(F)F)c1. The fraction of sp³-hybridized carbons (Fsp3) is 0.562. The van der Waals surface area contributed by atoms with Crippen LogP contribution in [0.1, 0.15) is 66.2 Å². The largest absolute Gasteiger partial charge is 0.481 e. The number of hydrogen-bond acceptors (Lipinski definition) is 3. The summed E-state index contributed by atoms with van der Waals surface area (Å²) in [5.41, 5.74) is -0.764. The van der Waals surface area contributed by atoms with Crippen molar-refractivity contribution in [2.24, 2.45) is 0 Å². The Morgan fingerprint density at radius 1 is 1.21 bits per heavy atom. The summed E-state index contributed by atoms with van der Waals surface area (Å²) in [7, 11) is 0. The number of rotatable bonds is 8. The number of aromatic nitrogens is 1. The Morgan fingerprint density at radius 3 is 2.50 bits per heavy atom. The first kappa shape index (κ1) is 18.2. The molecule has 1 aliphatic carbocycles. The maximum atomic E-state index is 12.9. The van der Waals surface area contributed by atoms with Crippen LogP contribution >= 0.6 is 0 Å². The highest BCUT2D eigenvalue weighted by molar-refractivity contribution is 5.94. The summed E-state index contributed by atoms with van der Waals surface area (Å²) in [5.74, 6) is -1.43. The van der Waals surface area contributed by atoms with Gasteiger partial charge in [0.2, 0.25) is 0 Å². The van der Waals surface area contributed by atoms with Crippen LogP contribution in [0.5, 0.6) is 0 Å².